The number of hydrogen-bond acceptors (Lipinski definition) is 3. The molecule has 0 saturated carbocycles. The average Bonchev–Trinajstić information content (AvgIpc) is 2.62. The Bertz CT molecular complexity index is 416. The van der Waals surface area contributed by atoms with E-state index in [9.17, 15) is 9.00 Å². The molecule has 2 nitrogen and oxygen atoms in total. The molecule has 1 aromatic rings. The minimum absolute atomic E-state index is 0.0829. The largest absolute Gasteiger partial charge is 0.297 e. The van der Waals surface area contributed by atoms with Crippen molar-refractivity contribution in [2.45, 2.75) is 17.4 Å². The van der Waals surface area contributed by atoms with Crippen LogP contribution in [-0.2, 0) is 22.0 Å². The third kappa shape index (κ3) is 2.23. The second kappa shape index (κ2) is 4.72. The van der Waals surface area contributed by atoms with Crippen molar-refractivity contribution in [2.24, 2.45) is 0 Å². The normalized spacial score (nSPS) is 29.2. The predicted octanol–water partition coefficient (Wildman–Crippen LogP) is 2.01. The van der Waals surface area contributed by atoms with E-state index in [4.69, 9.17) is 0 Å². The minimum Gasteiger partial charge on any atom is -0.297 e. The van der Waals surface area contributed by atoms with Gasteiger partial charge in [-0.1, -0.05) is 30.3 Å². The van der Waals surface area contributed by atoms with E-state index in [1.165, 1.54) is 11.8 Å². The molecule has 0 spiro atoms. The molecule has 0 amide bonds. The van der Waals surface area contributed by atoms with Gasteiger partial charge in [-0.2, -0.15) is 0 Å². The lowest BCUT2D eigenvalue weighted by Crippen LogP contribution is -2.34. The van der Waals surface area contributed by atoms with Crippen LogP contribution >= 0.6 is 11.8 Å². The maximum Gasteiger partial charge on any atom is 0.165 e. The highest BCUT2D eigenvalue weighted by Crippen LogP contribution is 2.36. The van der Waals surface area contributed by atoms with E-state index in [0.29, 0.717) is 12.2 Å². The number of ketones is 1. The van der Waals surface area contributed by atoms with E-state index in [1.54, 1.807) is 0 Å². The Balaban J connectivity index is 2.12. The molecule has 86 valence electrons. The molecule has 0 aromatic heterocycles. The highest BCUT2D eigenvalue weighted by Gasteiger charge is 2.43. The number of thioether (sulfide) groups is 1. The maximum absolute atomic E-state index is 12.1. The van der Waals surface area contributed by atoms with Gasteiger partial charge in [0.15, 0.2) is 5.78 Å². The molecule has 0 N–H and O–H groups in total. The van der Waals surface area contributed by atoms with Gasteiger partial charge in [-0.15, -0.1) is 11.8 Å². The number of rotatable bonds is 3. The Morgan fingerprint density at radius 3 is 2.69 bits per heavy atom. The van der Waals surface area contributed by atoms with Crippen LogP contribution in [0.25, 0.3) is 0 Å². The van der Waals surface area contributed by atoms with Crippen molar-refractivity contribution in [3.8, 4) is 0 Å². The van der Waals surface area contributed by atoms with Crippen LogP contribution in [-0.4, -0.2) is 25.6 Å². The summed E-state index contributed by atoms with van der Waals surface area (Å²) in [5, 5.41) is 0. The lowest BCUT2D eigenvalue weighted by atomic mass is 10.1. The lowest BCUT2D eigenvalue weighted by Gasteiger charge is -2.19. The molecule has 2 rings (SSSR count). The number of carbonyl (C=O) groups is 1. The van der Waals surface area contributed by atoms with Crippen molar-refractivity contribution in [1.29, 1.82) is 0 Å². The number of benzene rings is 1. The zero-order chi connectivity index (χ0) is 11.6. The van der Waals surface area contributed by atoms with Crippen molar-refractivity contribution in [3.63, 3.8) is 0 Å². The Labute approximate surface area is 102 Å². The van der Waals surface area contributed by atoms with E-state index in [2.05, 4.69) is 0 Å². The summed E-state index contributed by atoms with van der Waals surface area (Å²) in [5.74, 6) is 1.55. The van der Waals surface area contributed by atoms with Crippen LogP contribution < -0.4 is 0 Å². The first-order valence-corrected chi connectivity index (χ1v) is 7.53. The molecule has 1 aromatic carbocycles. The molecular weight excluding hydrogens is 240 g/mol. The SMILES string of the molecule is C[C@@]1(C(=O)Cc2ccccc2)SCCS1=O. The molecule has 0 aliphatic carbocycles. The molecule has 4 heteroatoms. The molecule has 1 fully saturated rings. The average molecular weight is 254 g/mol. The monoisotopic (exact) mass is 254 g/mol. The van der Waals surface area contributed by atoms with Gasteiger partial charge in [0.25, 0.3) is 0 Å². The Morgan fingerprint density at radius 1 is 1.44 bits per heavy atom. The third-order valence-electron chi connectivity index (χ3n) is 2.79. The van der Waals surface area contributed by atoms with Crippen molar-refractivity contribution in [1.82, 2.24) is 0 Å². The first-order valence-electron chi connectivity index (χ1n) is 5.22. The second-order valence-corrected chi connectivity index (χ2v) is 7.62. The zero-order valence-corrected chi connectivity index (χ0v) is 10.8. The van der Waals surface area contributed by atoms with Crippen LogP contribution in [0.15, 0.2) is 30.3 Å². The summed E-state index contributed by atoms with van der Waals surface area (Å²) in [7, 11) is -1.02. The smallest absolute Gasteiger partial charge is 0.165 e. The van der Waals surface area contributed by atoms with Crippen molar-refractivity contribution in [3.05, 3.63) is 35.9 Å². The molecule has 0 radical (unpaired) electrons. The summed E-state index contributed by atoms with van der Waals surface area (Å²) >= 11 is 1.53. The highest BCUT2D eigenvalue weighted by molar-refractivity contribution is 8.16. The molecule has 16 heavy (non-hydrogen) atoms. The van der Waals surface area contributed by atoms with Crippen LogP contribution in [0.5, 0.6) is 0 Å². The van der Waals surface area contributed by atoms with Gasteiger partial charge in [0.1, 0.15) is 4.08 Å². The van der Waals surface area contributed by atoms with Crippen LogP contribution in [0, 0.1) is 0 Å². The molecule has 1 saturated heterocycles. The topological polar surface area (TPSA) is 34.1 Å². The van der Waals surface area contributed by atoms with E-state index in [0.717, 1.165) is 11.3 Å². The lowest BCUT2D eigenvalue weighted by molar-refractivity contribution is -0.118. The van der Waals surface area contributed by atoms with Gasteiger partial charge in [0.2, 0.25) is 0 Å². The Morgan fingerprint density at radius 2 is 2.12 bits per heavy atom. The summed E-state index contributed by atoms with van der Waals surface area (Å²) in [4.78, 5) is 12.1. The fourth-order valence-electron chi connectivity index (χ4n) is 1.72. The van der Waals surface area contributed by atoms with Crippen LogP contribution in [0.3, 0.4) is 0 Å². The molecule has 1 unspecified atom stereocenters. The highest BCUT2D eigenvalue weighted by atomic mass is 32.2. The van der Waals surface area contributed by atoms with E-state index in [-0.39, 0.29) is 5.78 Å². The molecule has 0 bridgehead atoms. The summed E-state index contributed by atoms with van der Waals surface area (Å²) < 4.78 is 11.1. The van der Waals surface area contributed by atoms with E-state index >= 15 is 0 Å². The maximum atomic E-state index is 12.1. The van der Waals surface area contributed by atoms with Gasteiger partial charge < -0.3 is 0 Å². The fraction of sp³-hybridized carbons (Fsp3) is 0.417. The summed E-state index contributed by atoms with van der Waals surface area (Å²) in [5.41, 5.74) is 0.998. The van der Waals surface area contributed by atoms with E-state index < -0.39 is 14.9 Å². The number of hydrogen-bond donors (Lipinski definition) is 0. The quantitative estimate of drug-likeness (QED) is 0.827. The zero-order valence-electron chi connectivity index (χ0n) is 9.14. The van der Waals surface area contributed by atoms with Gasteiger partial charge in [0.05, 0.1) is 0 Å². The van der Waals surface area contributed by atoms with Crippen molar-refractivity contribution in [2.75, 3.05) is 11.5 Å². The predicted molar refractivity (Wildman–Crippen MR) is 69.0 cm³/mol. The van der Waals surface area contributed by atoms with Crippen molar-refractivity contribution >= 4 is 28.3 Å². The minimum atomic E-state index is -1.02. The molecule has 1 heterocycles. The Hall–Kier alpha value is -0.610. The van der Waals surface area contributed by atoms with Crippen LogP contribution in [0.1, 0.15) is 12.5 Å². The third-order valence-corrected chi connectivity index (χ3v) is 6.82. The van der Waals surface area contributed by atoms with E-state index in [1.807, 2.05) is 37.3 Å². The Kier molecular flexibility index (Phi) is 3.50. The molecule has 1 aliphatic rings. The second-order valence-electron chi connectivity index (χ2n) is 3.93. The summed E-state index contributed by atoms with van der Waals surface area (Å²) in [6, 6.07) is 9.64. The fourth-order valence-corrected chi connectivity index (χ4v) is 5.02. The molecular formula is C12H14O2S2. The standard InChI is InChI=1S/C12H14O2S2/c1-12(15-7-8-16(12)14)11(13)9-10-5-3-2-4-6-10/h2-6H,7-9H2,1H3/t12-,16?/m1/s1. The van der Waals surface area contributed by atoms with Gasteiger partial charge in [-0.05, 0) is 12.5 Å². The van der Waals surface area contributed by atoms with Gasteiger partial charge in [0, 0.05) is 28.7 Å². The number of carbonyl (C=O) groups excluding carboxylic acids is 1. The van der Waals surface area contributed by atoms with Crippen LogP contribution in [0.2, 0.25) is 0 Å². The molecule has 1 aliphatic heterocycles. The summed E-state index contributed by atoms with van der Waals surface area (Å²) in [6.07, 6.45) is 0.385. The first-order chi connectivity index (χ1) is 7.63. The van der Waals surface area contributed by atoms with Gasteiger partial charge >= 0.3 is 0 Å². The summed E-state index contributed by atoms with van der Waals surface area (Å²) in [6.45, 7) is 1.81. The molecule has 2 atom stereocenters. The van der Waals surface area contributed by atoms with Gasteiger partial charge in [-0.3, -0.25) is 9.00 Å². The van der Waals surface area contributed by atoms with Crippen molar-refractivity contribution < 1.29 is 9.00 Å². The van der Waals surface area contributed by atoms with Gasteiger partial charge in [-0.25, -0.2) is 0 Å². The first kappa shape index (κ1) is 11.9. The van der Waals surface area contributed by atoms with Crippen LogP contribution in [0.4, 0.5) is 0 Å². The number of Topliss-reactive ketones (excluding diaryl/α,β-unsaturated/α-hetero) is 1.